The lowest BCUT2D eigenvalue weighted by atomic mass is 10.2. The molecule has 0 aliphatic carbocycles. The average Bonchev–Trinajstić information content (AvgIpc) is 2.74. The zero-order chi connectivity index (χ0) is 13.8. The monoisotopic (exact) mass is 257 g/mol. The van der Waals surface area contributed by atoms with Crippen LogP contribution in [0, 0.1) is 0 Å². The number of hydrogen-bond acceptors (Lipinski definition) is 2. The minimum atomic E-state index is -0.00212. The summed E-state index contributed by atoms with van der Waals surface area (Å²) in [5, 5.41) is 2.72. The number of amides is 1. The van der Waals surface area contributed by atoms with Crippen LogP contribution in [0.1, 0.15) is 41.0 Å². The van der Waals surface area contributed by atoms with Gasteiger partial charge in [-0.15, -0.1) is 0 Å². The molecule has 3 nitrogen and oxygen atoms in total. The van der Waals surface area contributed by atoms with Crippen molar-refractivity contribution in [2.45, 2.75) is 41.0 Å². The Morgan fingerprint density at radius 1 is 1.41 bits per heavy atom. The smallest absolute Gasteiger partial charge is 0.228 e. The molecule has 17 heavy (non-hydrogen) atoms. The van der Waals surface area contributed by atoms with E-state index in [9.17, 15) is 4.79 Å². The van der Waals surface area contributed by atoms with E-state index in [1.54, 1.807) is 12.2 Å². The number of rotatable bonds is 3. The van der Waals surface area contributed by atoms with Crippen molar-refractivity contribution in [1.82, 2.24) is 5.32 Å². The Hall–Kier alpha value is -1.08. The Balaban J connectivity index is 0. The van der Waals surface area contributed by atoms with E-state index in [4.69, 9.17) is 4.52 Å². The van der Waals surface area contributed by atoms with Gasteiger partial charge in [0.2, 0.25) is 5.91 Å². The molecule has 4 heteroatoms. The summed E-state index contributed by atoms with van der Waals surface area (Å²) < 4.78 is 4.90. The molecule has 98 valence electrons. The molecule has 0 bridgehead atoms. The Labute approximate surface area is 107 Å². The van der Waals surface area contributed by atoms with E-state index < -0.39 is 0 Å². The summed E-state index contributed by atoms with van der Waals surface area (Å²) in [7, 11) is 2.15. The lowest BCUT2D eigenvalue weighted by molar-refractivity contribution is -0.118. The average molecular weight is 257 g/mol. The van der Waals surface area contributed by atoms with Gasteiger partial charge in [-0.1, -0.05) is 40.3 Å². The van der Waals surface area contributed by atoms with Crippen molar-refractivity contribution in [2.75, 3.05) is 0 Å². The summed E-state index contributed by atoms with van der Waals surface area (Å²) in [5.41, 5.74) is 1.69. The van der Waals surface area contributed by atoms with Gasteiger partial charge in [-0.3, -0.25) is 4.79 Å². The zero-order valence-electron chi connectivity index (χ0n) is 11.5. The predicted molar refractivity (Wildman–Crippen MR) is 77.2 cm³/mol. The number of carbonyl (C=O) groups is 1. The van der Waals surface area contributed by atoms with Crippen molar-refractivity contribution in [3.05, 3.63) is 35.8 Å². The molecule has 0 spiro atoms. The Morgan fingerprint density at radius 2 is 1.94 bits per heavy atom. The van der Waals surface area contributed by atoms with Crippen LogP contribution < -0.4 is 5.32 Å². The highest BCUT2D eigenvalue weighted by Gasteiger charge is 2.16. The number of hydrogen-bond donors (Lipinski definition) is 1. The molecule has 1 N–H and O–H groups in total. The van der Waals surface area contributed by atoms with E-state index in [1.165, 1.54) is 0 Å². The number of carbonyl (C=O) groups excluding carboxylic acids is 1. The molecular formula is C13H24NO2P. The molecule has 1 amide bonds. The lowest BCUT2D eigenvalue weighted by Gasteiger charge is -2.00. The topological polar surface area (TPSA) is 38.3 Å². The van der Waals surface area contributed by atoms with Crippen LogP contribution in [0.4, 0.5) is 0 Å². The molecule has 0 saturated heterocycles. The van der Waals surface area contributed by atoms with Gasteiger partial charge in [0.25, 0.3) is 0 Å². The molecule has 1 aliphatic rings. The van der Waals surface area contributed by atoms with Crippen LogP contribution in [0.2, 0.25) is 0 Å². The normalized spacial score (nSPS) is 14.0. The maximum absolute atomic E-state index is 11.0. The van der Waals surface area contributed by atoms with Crippen molar-refractivity contribution in [3.63, 3.8) is 0 Å². The first kappa shape index (κ1) is 18.3. The maximum Gasteiger partial charge on any atom is 0.228 e. The predicted octanol–water partition coefficient (Wildman–Crippen LogP) is 3.71. The van der Waals surface area contributed by atoms with E-state index in [0.717, 1.165) is 17.0 Å². The van der Waals surface area contributed by atoms with Crippen molar-refractivity contribution in [2.24, 2.45) is 0 Å². The highest BCUT2D eigenvalue weighted by molar-refractivity contribution is 7.10. The van der Waals surface area contributed by atoms with Crippen molar-refractivity contribution < 1.29 is 9.32 Å². The summed E-state index contributed by atoms with van der Waals surface area (Å²) in [4.78, 5) is 11.0. The standard InChI is InChI=1S/C9H12NO2P.2C2H6/c1-3-7-5-9(11)10-8(7)4-6(2)12-13;2*1-2/h3-4H,1,5,13H2,2H3,(H,10,11);2*1-2H3/b6-4+;;. The minimum Gasteiger partial charge on any atom is -0.485 e. The van der Waals surface area contributed by atoms with Crippen LogP contribution in [0.3, 0.4) is 0 Å². The fourth-order valence-electron chi connectivity index (χ4n) is 1.09. The van der Waals surface area contributed by atoms with Gasteiger partial charge >= 0.3 is 0 Å². The molecule has 1 rings (SSSR count). The molecule has 0 saturated carbocycles. The van der Waals surface area contributed by atoms with Crippen LogP contribution >= 0.6 is 9.47 Å². The molecule has 1 heterocycles. The molecule has 1 atom stereocenters. The second-order valence-electron chi connectivity index (χ2n) is 2.74. The summed E-state index contributed by atoms with van der Waals surface area (Å²) in [6.45, 7) is 13.4. The molecule has 0 aromatic rings. The largest absolute Gasteiger partial charge is 0.485 e. The summed E-state index contributed by atoms with van der Waals surface area (Å²) in [6, 6.07) is 0. The van der Waals surface area contributed by atoms with E-state index in [1.807, 2.05) is 34.6 Å². The second kappa shape index (κ2) is 11.4. The Kier molecular flexibility index (Phi) is 12.3. The summed E-state index contributed by atoms with van der Waals surface area (Å²) in [6.07, 6.45) is 3.86. The third-order valence-electron chi connectivity index (χ3n) is 1.75. The van der Waals surface area contributed by atoms with Crippen LogP contribution in [0.15, 0.2) is 35.8 Å². The third kappa shape index (κ3) is 6.96. The quantitative estimate of drug-likeness (QED) is 0.618. The first-order valence-electron chi connectivity index (χ1n) is 5.88. The molecule has 0 aromatic carbocycles. The molecular weight excluding hydrogens is 233 g/mol. The van der Waals surface area contributed by atoms with Gasteiger partial charge in [0.1, 0.15) is 0 Å². The van der Waals surface area contributed by atoms with E-state index >= 15 is 0 Å². The van der Waals surface area contributed by atoms with Gasteiger partial charge < -0.3 is 9.84 Å². The van der Waals surface area contributed by atoms with Gasteiger partial charge in [-0.05, 0) is 18.6 Å². The molecule has 1 aliphatic heterocycles. The lowest BCUT2D eigenvalue weighted by Crippen LogP contribution is -2.13. The van der Waals surface area contributed by atoms with Gasteiger partial charge in [0.15, 0.2) is 0 Å². The SMILES string of the molecule is C=CC1=C(/C=C(\C)OP)NC(=O)C1.CC.CC. The van der Waals surface area contributed by atoms with Crippen LogP contribution in [-0.4, -0.2) is 5.91 Å². The first-order chi connectivity index (χ1) is 8.17. The first-order valence-corrected chi connectivity index (χ1v) is 6.35. The van der Waals surface area contributed by atoms with Gasteiger partial charge in [-0.25, -0.2) is 0 Å². The minimum absolute atomic E-state index is 0.00212. The summed E-state index contributed by atoms with van der Waals surface area (Å²) in [5.74, 6) is 0.722. The fraction of sp³-hybridized carbons (Fsp3) is 0.462. The Bertz CT molecular complexity index is 307. The molecule has 0 fully saturated rings. The maximum atomic E-state index is 11.0. The highest BCUT2D eigenvalue weighted by atomic mass is 31.0. The van der Waals surface area contributed by atoms with Crippen molar-refractivity contribution in [3.8, 4) is 0 Å². The van der Waals surface area contributed by atoms with E-state index in [2.05, 4.69) is 21.4 Å². The van der Waals surface area contributed by atoms with Crippen LogP contribution in [0.5, 0.6) is 0 Å². The van der Waals surface area contributed by atoms with E-state index in [0.29, 0.717) is 6.42 Å². The molecule has 0 aromatic heterocycles. The molecule has 1 unspecified atom stereocenters. The number of nitrogens with one attached hydrogen (secondary N) is 1. The molecule has 0 radical (unpaired) electrons. The Morgan fingerprint density at radius 3 is 2.35 bits per heavy atom. The van der Waals surface area contributed by atoms with Crippen LogP contribution in [0.25, 0.3) is 0 Å². The number of allylic oxidation sites excluding steroid dienone is 3. The van der Waals surface area contributed by atoms with Crippen molar-refractivity contribution in [1.29, 1.82) is 0 Å². The third-order valence-corrected chi connectivity index (χ3v) is 2.12. The van der Waals surface area contributed by atoms with Gasteiger partial charge in [0.05, 0.1) is 21.6 Å². The second-order valence-corrected chi connectivity index (χ2v) is 2.98. The summed E-state index contributed by atoms with van der Waals surface area (Å²) >= 11 is 0. The van der Waals surface area contributed by atoms with E-state index in [-0.39, 0.29) is 5.91 Å². The van der Waals surface area contributed by atoms with Crippen LogP contribution in [-0.2, 0) is 9.32 Å². The fourth-order valence-corrected chi connectivity index (χ4v) is 1.16. The van der Waals surface area contributed by atoms with Gasteiger partial charge in [-0.2, -0.15) is 0 Å². The highest BCUT2D eigenvalue weighted by Crippen LogP contribution is 2.18. The van der Waals surface area contributed by atoms with Gasteiger partial charge in [0, 0.05) is 5.70 Å². The zero-order valence-corrected chi connectivity index (χ0v) is 12.6. The van der Waals surface area contributed by atoms with Crippen molar-refractivity contribution >= 4 is 15.4 Å².